The first-order chi connectivity index (χ1) is 8.07. The number of hydrogen-bond acceptors (Lipinski definition) is 3. The molecule has 0 aliphatic heterocycles. The lowest BCUT2D eigenvalue weighted by molar-refractivity contribution is -0.130. The number of nitrogens with two attached hydrogens (primary N) is 1. The lowest BCUT2D eigenvalue weighted by Gasteiger charge is -2.17. The van der Waals surface area contributed by atoms with E-state index in [9.17, 15) is 4.79 Å². The van der Waals surface area contributed by atoms with Gasteiger partial charge in [-0.05, 0) is 39.7 Å². The molecule has 4 nitrogen and oxygen atoms in total. The van der Waals surface area contributed by atoms with E-state index in [1.807, 2.05) is 20.9 Å². The molecular formula is C13H28N2O2. The highest BCUT2D eigenvalue weighted by Gasteiger charge is 2.07. The zero-order valence-corrected chi connectivity index (χ0v) is 11.6. The second-order valence-electron chi connectivity index (χ2n) is 4.69. The van der Waals surface area contributed by atoms with Gasteiger partial charge in [-0.25, -0.2) is 0 Å². The molecule has 0 spiro atoms. The first-order valence-electron chi connectivity index (χ1n) is 6.63. The number of amides is 1. The molecule has 0 aliphatic rings. The summed E-state index contributed by atoms with van der Waals surface area (Å²) in [5, 5.41) is 0. The molecule has 0 heterocycles. The number of carbonyl (C=O) groups is 1. The van der Waals surface area contributed by atoms with Gasteiger partial charge in [-0.3, -0.25) is 4.79 Å². The van der Waals surface area contributed by atoms with Gasteiger partial charge in [0, 0.05) is 26.6 Å². The molecule has 4 heteroatoms. The highest BCUT2D eigenvalue weighted by molar-refractivity contribution is 5.75. The van der Waals surface area contributed by atoms with E-state index in [0.29, 0.717) is 6.42 Å². The van der Waals surface area contributed by atoms with Crippen LogP contribution in [0.25, 0.3) is 0 Å². The summed E-state index contributed by atoms with van der Waals surface area (Å²) >= 11 is 0. The average Bonchev–Trinajstić information content (AvgIpc) is 2.29. The molecule has 102 valence electrons. The topological polar surface area (TPSA) is 55.6 Å². The van der Waals surface area contributed by atoms with E-state index >= 15 is 0 Å². The summed E-state index contributed by atoms with van der Waals surface area (Å²) in [5.74, 6) is 0.228. The number of hydrogen-bond donors (Lipinski definition) is 1. The van der Waals surface area contributed by atoms with Gasteiger partial charge in [0.25, 0.3) is 0 Å². The van der Waals surface area contributed by atoms with Crippen LogP contribution in [0.15, 0.2) is 0 Å². The third-order valence-electron chi connectivity index (χ3n) is 2.61. The minimum absolute atomic E-state index is 0.228. The van der Waals surface area contributed by atoms with Crippen LogP contribution in [0.3, 0.4) is 0 Å². The molecule has 0 unspecified atom stereocenters. The lowest BCUT2D eigenvalue weighted by Crippen LogP contribution is -2.28. The monoisotopic (exact) mass is 244 g/mol. The van der Waals surface area contributed by atoms with Crippen molar-refractivity contribution in [1.82, 2.24) is 4.90 Å². The zero-order chi connectivity index (χ0) is 13.1. The number of ether oxygens (including phenoxy) is 1. The predicted octanol–water partition coefficient (Wildman–Crippen LogP) is 1.78. The van der Waals surface area contributed by atoms with Crippen LogP contribution in [0.1, 0.15) is 46.0 Å². The molecule has 0 saturated carbocycles. The molecule has 0 aliphatic carbocycles. The fourth-order valence-corrected chi connectivity index (χ4v) is 1.53. The van der Waals surface area contributed by atoms with Crippen molar-refractivity contribution in [3.8, 4) is 0 Å². The number of unbranched alkanes of at least 4 members (excludes halogenated alkanes) is 2. The Balaban J connectivity index is 3.47. The SMILES string of the molecule is CC(C)OCCCN(C)C(=O)CCCCCN. The maximum atomic E-state index is 11.7. The van der Waals surface area contributed by atoms with Crippen molar-refractivity contribution in [3.05, 3.63) is 0 Å². The molecule has 1 amide bonds. The second-order valence-corrected chi connectivity index (χ2v) is 4.69. The summed E-state index contributed by atoms with van der Waals surface area (Å²) in [6.45, 7) is 6.26. The van der Waals surface area contributed by atoms with Crippen LogP contribution in [0.2, 0.25) is 0 Å². The van der Waals surface area contributed by atoms with Crippen LogP contribution in [0, 0.1) is 0 Å². The van der Waals surface area contributed by atoms with Gasteiger partial charge in [-0.15, -0.1) is 0 Å². The van der Waals surface area contributed by atoms with E-state index < -0.39 is 0 Å². The third-order valence-corrected chi connectivity index (χ3v) is 2.61. The fourth-order valence-electron chi connectivity index (χ4n) is 1.53. The third kappa shape index (κ3) is 10.3. The minimum atomic E-state index is 0.228. The van der Waals surface area contributed by atoms with Gasteiger partial charge in [-0.2, -0.15) is 0 Å². The molecule has 0 rings (SSSR count). The first kappa shape index (κ1) is 16.4. The van der Waals surface area contributed by atoms with Gasteiger partial charge < -0.3 is 15.4 Å². The Morgan fingerprint density at radius 2 is 1.94 bits per heavy atom. The summed E-state index contributed by atoms with van der Waals surface area (Å²) < 4.78 is 5.43. The Morgan fingerprint density at radius 3 is 2.53 bits per heavy atom. The molecular weight excluding hydrogens is 216 g/mol. The number of nitrogens with zero attached hydrogens (tertiary/aromatic N) is 1. The van der Waals surface area contributed by atoms with Gasteiger partial charge in [-0.1, -0.05) is 6.42 Å². The first-order valence-corrected chi connectivity index (χ1v) is 6.63. The van der Waals surface area contributed by atoms with Crippen molar-refractivity contribution >= 4 is 5.91 Å². The minimum Gasteiger partial charge on any atom is -0.379 e. The Hall–Kier alpha value is -0.610. The molecule has 0 aromatic rings. The largest absolute Gasteiger partial charge is 0.379 e. The highest BCUT2D eigenvalue weighted by atomic mass is 16.5. The van der Waals surface area contributed by atoms with Crippen LogP contribution in [-0.4, -0.2) is 43.7 Å². The second kappa shape index (κ2) is 10.5. The summed E-state index contributed by atoms with van der Waals surface area (Å²) in [5.41, 5.74) is 5.40. The van der Waals surface area contributed by atoms with Gasteiger partial charge >= 0.3 is 0 Å². The number of rotatable bonds is 10. The molecule has 17 heavy (non-hydrogen) atoms. The van der Waals surface area contributed by atoms with Crippen molar-refractivity contribution in [2.24, 2.45) is 5.73 Å². The van der Waals surface area contributed by atoms with Crippen LogP contribution in [0.4, 0.5) is 0 Å². The van der Waals surface area contributed by atoms with E-state index in [2.05, 4.69) is 0 Å². The van der Waals surface area contributed by atoms with Gasteiger partial charge in [0.05, 0.1) is 6.10 Å². The van der Waals surface area contributed by atoms with Gasteiger partial charge in [0.2, 0.25) is 5.91 Å². The van der Waals surface area contributed by atoms with Gasteiger partial charge in [0.15, 0.2) is 0 Å². The van der Waals surface area contributed by atoms with Crippen molar-refractivity contribution in [2.75, 3.05) is 26.7 Å². The standard InChI is InChI=1S/C13H28N2O2/c1-12(2)17-11-7-10-15(3)13(16)8-5-4-6-9-14/h12H,4-11,14H2,1-3H3. The molecule has 0 radical (unpaired) electrons. The highest BCUT2D eigenvalue weighted by Crippen LogP contribution is 2.02. The Bertz CT molecular complexity index is 196. The number of carbonyl (C=O) groups excluding carboxylic acids is 1. The van der Waals surface area contributed by atoms with Crippen LogP contribution < -0.4 is 5.73 Å². The summed E-state index contributed by atoms with van der Waals surface area (Å²) in [7, 11) is 1.86. The summed E-state index contributed by atoms with van der Waals surface area (Å²) in [4.78, 5) is 13.5. The van der Waals surface area contributed by atoms with E-state index in [0.717, 1.165) is 45.4 Å². The zero-order valence-electron chi connectivity index (χ0n) is 11.6. The van der Waals surface area contributed by atoms with E-state index in [1.54, 1.807) is 4.90 Å². The quantitative estimate of drug-likeness (QED) is 0.596. The van der Waals surface area contributed by atoms with Crippen LogP contribution in [-0.2, 0) is 9.53 Å². The molecule has 0 fully saturated rings. The molecule has 0 aromatic heterocycles. The average molecular weight is 244 g/mol. The van der Waals surface area contributed by atoms with E-state index in [1.165, 1.54) is 0 Å². The van der Waals surface area contributed by atoms with Crippen LogP contribution >= 0.6 is 0 Å². The van der Waals surface area contributed by atoms with Crippen molar-refractivity contribution in [1.29, 1.82) is 0 Å². The molecule has 0 aromatic carbocycles. The van der Waals surface area contributed by atoms with E-state index in [-0.39, 0.29) is 12.0 Å². The molecule has 2 N–H and O–H groups in total. The van der Waals surface area contributed by atoms with Gasteiger partial charge in [0.1, 0.15) is 0 Å². The molecule has 0 atom stereocenters. The van der Waals surface area contributed by atoms with Crippen molar-refractivity contribution < 1.29 is 9.53 Å². The Labute approximate surface area is 105 Å². The van der Waals surface area contributed by atoms with Crippen molar-refractivity contribution in [2.45, 2.75) is 52.1 Å². The van der Waals surface area contributed by atoms with Crippen molar-refractivity contribution in [3.63, 3.8) is 0 Å². The predicted molar refractivity (Wildman–Crippen MR) is 70.9 cm³/mol. The Kier molecular flexibility index (Phi) is 10.2. The fraction of sp³-hybridized carbons (Fsp3) is 0.923. The lowest BCUT2D eigenvalue weighted by atomic mass is 10.2. The maximum absolute atomic E-state index is 11.7. The van der Waals surface area contributed by atoms with Crippen LogP contribution in [0.5, 0.6) is 0 Å². The summed E-state index contributed by atoms with van der Waals surface area (Å²) in [6.07, 6.45) is 4.83. The maximum Gasteiger partial charge on any atom is 0.222 e. The summed E-state index contributed by atoms with van der Waals surface area (Å²) in [6, 6.07) is 0. The smallest absolute Gasteiger partial charge is 0.222 e. The van der Waals surface area contributed by atoms with E-state index in [4.69, 9.17) is 10.5 Å². The Morgan fingerprint density at radius 1 is 1.24 bits per heavy atom. The normalized spacial score (nSPS) is 10.9. The molecule has 0 bridgehead atoms. The molecule has 0 saturated heterocycles.